The molecule has 1 atom stereocenters. The Labute approximate surface area is 123 Å². The molecule has 0 radical (unpaired) electrons. The quantitative estimate of drug-likeness (QED) is 0.780. The Hall–Kier alpha value is -2.33. The molecule has 0 aliphatic carbocycles. The maximum absolute atomic E-state index is 5.80. The van der Waals surface area contributed by atoms with Gasteiger partial charge in [0.2, 0.25) is 0 Å². The Bertz CT molecular complexity index is 696. The zero-order chi connectivity index (χ0) is 14.1. The van der Waals surface area contributed by atoms with E-state index < -0.39 is 0 Å². The first kappa shape index (κ1) is 12.4. The third-order valence-corrected chi connectivity index (χ3v) is 3.94. The van der Waals surface area contributed by atoms with Crippen LogP contribution in [0.1, 0.15) is 23.7 Å². The maximum Gasteiger partial charge on any atom is 0.135 e. The van der Waals surface area contributed by atoms with Gasteiger partial charge in [0.15, 0.2) is 0 Å². The molecule has 1 unspecified atom stereocenters. The van der Waals surface area contributed by atoms with Crippen LogP contribution in [0, 0.1) is 0 Å². The van der Waals surface area contributed by atoms with E-state index >= 15 is 0 Å². The van der Waals surface area contributed by atoms with Crippen LogP contribution in [0.5, 0.6) is 0 Å². The summed E-state index contributed by atoms with van der Waals surface area (Å²) in [4.78, 5) is 4.41. The molecular weight excluding hydrogens is 262 g/mol. The molecule has 4 rings (SSSR count). The fourth-order valence-corrected chi connectivity index (χ4v) is 2.79. The number of aromatic nitrogens is 1. The topological polar surface area (TPSA) is 46.2 Å². The highest BCUT2D eigenvalue weighted by atomic mass is 16.5. The summed E-state index contributed by atoms with van der Waals surface area (Å²) in [7, 11) is 0. The van der Waals surface area contributed by atoms with Crippen molar-refractivity contribution in [2.24, 2.45) is 0 Å². The van der Waals surface area contributed by atoms with Crippen molar-refractivity contribution in [1.29, 1.82) is 0 Å². The molecule has 0 saturated carbocycles. The van der Waals surface area contributed by atoms with Gasteiger partial charge in [0.25, 0.3) is 0 Å². The Morgan fingerprint density at radius 3 is 3.05 bits per heavy atom. The number of anilines is 3. The standard InChI is InChI=1S/C17H17N3O/c1-2-9-21-16(5-1)12-6-7-14-15(10-12)19-11-13-4-3-8-18-17(13)20-14/h1-4,6-8,10,16,19H,5,9,11H2,(H,18,20). The minimum atomic E-state index is 0.158. The number of hydrogen-bond donors (Lipinski definition) is 2. The second kappa shape index (κ2) is 5.22. The van der Waals surface area contributed by atoms with Crippen molar-refractivity contribution >= 4 is 17.2 Å². The zero-order valence-corrected chi connectivity index (χ0v) is 11.7. The molecular formula is C17H17N3O. The molecule has 2 aliphatic rings. The number of nitrogens with zero attached hydrogens (tertiary/aromatic N) is 1. The van der Waals surface area contributed by atoms with E-state index in [0.717, 1.165) is 30.2 Å². The third-order valence-electron chi connectivity index (χ3n) is 3.94. The minimum absolute atomic E-state index is 0.158. The third kappa shape index (κ3) is 2.38. The van der Waals surface area contributed by atoms with Gasteiger partial charge in [-0.05, 0) is 30.2 Å². The van der Waals surface area contributed by atoms with Gasteiger partial charge in [-0.1, -0.05) is 24.3 Å². The average Bonchev–Trinajstić information content (AvgIpc) is 2.74. The summed E-state index contributed by atoms with van der Waals surface area (Å²) in [5, 5.41) is 6.89. The summed E-state index contributed by atoms with van der Waals surface area (Å²) < 4.78 is 5.80. The molecule has 0 amide bonds. The van der Waals surface area contributed by atoms with Crippen molar-refractivity contribution in [3.8, 4) is 0 Å². The highest BCUT2D eigenvalue weighted by Gasteiger charge is 2.17. The van der Waals surface area contributed by atoms with Crippen LogP contribution < -0.4 is 10.6 Å². The van der Waals surface area contributed by atoms with E-state index in [9.17, 15) is 0 Å². The summed E-state index contributed by atoms with van der Waals surface area (Å²) in [6.45, 7) is 1.47. The van der Waals surface area contributed by atoms with Crippen molar-refractivity contribution < 1.29 is 4.74 Å². The Balaban J connectivity index is 1.66. The van der Waals surface area contributed by atoms with Gasteiger partial charge in [-0.25, -0.2) is 4.98 Å². The number of benzene rings is 1. The van der Waals surface area contributed by atoms with Crippen LogP contribution in [0.3, 0.4) is 0 Å². The first-order valence-corrected chi connectivity index (χ1v) is 7.25. The van der Waals surface area contributed by atoms with E-state index in [4.69, 9.17) is 4.74 Å². The number of fused-ring (bicyclic) bond motifs is 2. The molecule has 2 aliphatic heterocycles. The van der Waals surface area contributed by atoms with Gasteiger partial charge in [-0.2, -0.15) is 0 Å². The Kier molecular flexibility index (Phi) is 3.09. The molecule has 1 aromatic heterocycles. The van der Waals surface area contributed by atoms with E-state index in [2.05, 4.69) is 52.0 Å². The van der Waals surface area contributed by atoms with Gasteiger partial charge in [0.05, 0.1) is 24.1 Å². The summed E-state index contributed by atoms with van der Waals surface area (Å²) in [5.41, 5.74) is 4.55. The lowest BCUT2D eigenvalue weighted by Crippen LogP contribution is -2.08. The van der Waals surface area contributed by atoms with Crippen LogP contribution in [0.2, 0.25) is 0 Å². The van der Waals surface area contributed by atoms with Gasteiger partial charge in [-0.15, -0.1) is 0 Å². The lowest BCUT2D eigenvalue weighted by molar-refractivity contribution is 0.0678. The van der Waals surface area contributed by atoms with E-state index in [1.807, 2.05) is 12.3 Å². The molecule has 21 heavy (non-hydrogen) atoms. The predicted octanol–water partition coefficient (Wildman–Crippen LogP) is 3.77. The monoisotopic (exact) mass is 279 g/mol. The van der Waals surface area contributed by atoms with Gasteiger partial charge in [-0.3, -0.25) is 0 Å². The molecule has 0 bridgehead atoms. The van der Waals surface area contributed by atoms with E-state index in [0.29, 0.717) is 6.61 Å². The first-order chi connectivity index (χ1) is 10.4. The smallest absolute Gasteiger partial charge is 0.135 e. The van der Waals surface area contributed by atoms with Crippen molar-refractivity contribution in [3.63, 3.8) is 0 Å². The molecule has 0 saturated heterocycles. The summed E-state index contributed by atoms with van der Waals surface area (Å²) in [5.74, 6) is 0.924. The molecule has 2 N–H and O–H groups in total. The van der Waals surface area contributed by atoms with Gasteiger partial charge in [0, 0.05) is 18.3 Å². The van der Waals surface area contributed by atoms with Crippen LogP contribution in [-0.4, -0.2) is 11.6 Å². The van der Waals surface area contributed by atoms with Crippen LogP contribution in [0.15, 0.2) is 48.7 Å². The van der Waals surface area contributed by atoms with Crippen LogP contribution in [0.25, 0.3) is 0 Å². The van der Waals surface area contributed by atoms with Gasteiger partial charge >= 0.3 is 0 Å². The SMILES string of the molecule is C1=CCC(c2ccc3c(c2)NCc2cccnc2N3)OC1. The fourth-order valence-electron chi connectivity index (χ4n) is 2.79. The molecule has 4 heteroatoms. The lowest BCUT2D eigenvalue weighted by Gasteiger charge is -2.20. The van der Waals surface area contributed by atoms with Crippen molar-refractivity contribution in [2.75, 3.05) is 17.2 Å². The highest BCUT2D eigenvalue weighted by molar-refractivity contribution is 5.77. The van der Waals surface area contributed by atoms with E-state index in [-0.39, 0.29) is 6.10 Å². The molecule has 0 fully saturated rings. The molecule has 4 nitrogen and oxygen atoms in total. The Morgan fingerprint density at radius 1 is 1.14 bits per heavy atom. The largest absolute Gasteiger partial charge is 0.379 e. The zero-order valence-electron chi connectivity index (χ0n) is 11.7. The second-order valence-electron chi connectivity index (χ2n) is 5.32. The van der Waals surface area contributed by atoms with Crippen molar-refractivity contribution in [3.05, 3.63) is 59.8 Å². The van der Waals surface area contributed by atoms with Crippen molar-refractivity contribution in [2.45, 2.75) is 19.1 Å². The number of hydrogen-bond acceptors (Lipinski definition) is 4. The maximum atomic E-state index is 5.80. The highest BCUT2D eigenvalue weighted by Crippen LogP contribution is 2.34. The molecule has 0 spiro atoms. The molecule has 3 heterocycles. The van der Waals surface area contributed by atoms with Gasteiger partial charge in [0.1, 0.15) is 5.82 Å². The number of ether oxygens (including phenoxy) is 1. The van der Waals surface area contributed by atoms with Crippen LogP contribution in [-0.2, 0) is 11.3 Å². The number of rotatable bonds is 1. The van der Waals surface area contributed by atoms with E-state index in [1.54, 1.807) is 0 Å². The summed E-state index contributed by atoms with van der Waals surface area (Å²) >= 11 is 0. The van der Waals surface area contributed by atoms with Gasteiger partial charge < -0.3 is 15.4 Å². The minimum Gasteiger partial charge on any atom is -0.379 e. The molecule has 1 aromatic carbocycles. The van der Waals surface area contributed by atoms with Crippen molar-refractivity contribution in [1.82, 2.24) is 4.98 Å². The first-order valence-electron chi connectivity index (χ1n) is 7.25. The average molecular weight is 279 g/mol. The fraction of sp³-hybridized carbons (Fsp3) is 0.235. The number of pyridine rings is 1. The predicted molar refractivity (Wildman–Crippen MR) is 83.7 cm³/mol. The molecule has 106 valence electrons. The number of nitrogens with one attached hydrogen (secondary N) is 2. The molecule has 2 aromatic rings. The van der Waals surface area contributed by atoms with Crippen LogP contribution in [0.4, 0.5) is 17.2 Å². The summed E-state index contributed by atoms with van der Waals surface area (Å²) in [6.07, 6.45) is 7.17. The normalized spacial score (nSPS) is 19.7. The second-order valence-corrected chi connectivity index (χ2v) is 5.32. The lowest BCUT2D eigenvalue weighted by atomic mass is 10.0. The Morgan fingerprint density at radius 2 is 2.14 bits per heavy atom. The van der Waals surface area contributed by atoms with Crippen LogP contribution >= 0.6 is 0 Å². The summed E-state index contributed by atoms with van der Waals surface area (Å²) in [6, 6.07) is 10.5. The van der Waals surface area contributed by atoms with E-state index in [1.165, 1.54) is 11.1 Å².